The summed E-state index contributed by atoms with van der Waals surface area (Å²) in [6.45, 7) is 1.52. The Kier molecular flexibility index (Phi) is 3.38. The molecule has 3 nitrogen and oxygen atoms in total. The first kappa shape index (κ1) is 12.0. The second-order valence-electron chi connectivity index (χ2n) is 4.13. The molecule has 1 amide bonds. The maximum Gasteiger partial charge on any atom is 0.255 e. The van der Waals surface area contributed by atoms with Crippen LogP contribution in [0.3, 0.4) is 0 Å². The summed E-state index contributed by atoms with van der Waals surface area (Å²) in [6.07, 6.45) is -2.94. The van der Waals surface area contributed by atoms with Crippen molar-refractivity contribution in [1.82, 2.24) is 10.2 Å². The van der Waals surface area contributed by atoms with E-state index in [0.29, 0.717) is 0 Å². The van der Waals surface area contributed by atoms with E-state index in [0.717, 1.165) is 11.1 Å². The normalized spacial score (nSPS) is 20.4. The van der Waals surface area contributed by atoms with Gasteiger partial charge in [-0.25, -0.2) is 8.78 Å². The van der Waals surface area contributed by atoms with Gasteiger partial charge >= 0.3 is 0 Å². The SMILES string of the molecule is Cc1cccc(C2NCC(=O)N2CC(F)F)c1. The minimum atomic E-state index is -2.51. The molecule has 0 aliphatic carbocycles. The van der Waals surface area contributed by atoms with Gasteiger partial charge < -0.3 is 4.90 Å². The Hall–Kier alpha value is -1.49. The Bertz CT molecular complexity index is 423. The highest BCUT2D eigenvalue weighted by Gasteiger charge is 2.33. The van der Waals surface area contributed by atoms with Gasteiger partial charge in [0.25, 0.3) is 6.43 Å². The summed E-state index contributed by atoms with van der Waals surface area (Å²) < 4.78 is 24.8. The van der Waals surface area contributed by atoms with Crippen molar-refractivity contribution in [2.45, 2.75) is 19.5 Å². The lowest BCUT2D eigenvalue weighted by atomic mass is 10.1. The highest BCUT2D eigenvalue weighted by atomic mass is 19.3. The number of hydrogen-bond acceptors (Lipinski definition) is 2. The molecule has 0 spiro atoms. The molecule has 0 bridgehead atoms. The third kappa shape index (κ3) is 2.61. The first-order valence-electron chi connectivity index (χ1n) is 5.45. The van der Waals surface area contributed by atoms with Gasteiger partial charge in [-0.05, 0) is 12.5 Å². The molecule has 1 atom stereocenters. The van der Waals surface area contributed by atoms with E-state index in [2.05, 4.69) is 5.32 Å². The van der Waals surface area contributed by atoms with E-state index in [1.807, 2.05) is 31.2 Å². The van der Waals surface area contributed by atoms with E-state index < -0.39 is 19.1 Å². The predicted octanol–water partition coefficient (Wildman–Crippen LogP) is 1.69. The maximum absolute atomic E-state index is 12.4. The predicted molar refractivity (Wildman–Crippen MR) is 59.6 cm³/mol. The zero-order valence-corrected chi connectivity index (χ0v) is 9.49. The number of aryl methyl sites for hydroxylation is 1. The Morgan fingerprint density at radius 2 is 2.29 bits per heavy atom. The lowest BCUT2D eigenvalue weighted by Gasteiger charge is -2.24. The van der Waals surface area contributed by atoms with Gasteiger partial charge in [0.2, 0.25) is 5.91 Å². The molecule has 1 aliphatic rings. The zero-order chi connectivity index (χ0) is 12.4. The highest BCUT2D eigenvalue weighted by Crippen LogP contribution is 2.23. The van der Waals surface area contributed by atoms with Crippen LogP contribution in [0.5, 0.6) is 0 Å². The van der Waals surface area contributed by atoms with Crippen LogP contribution in [0.2, 0.25) is 0 Å². The number of alkyl halides is 2. The molecule has 1 fully saturated rings. The van der Waals surface area contributed by atoms with Gasteiger partial charge in [0.15, 0.2) is 0 Å². The van der Waals surface area contributed by atoms with Crippen LogP contribution in [-0.2, 0) is 4.79 Å². The molecule has 1 unspecified atom stereocenters. The summed E-state index contributed by atoms with van der Waals surface area (Å²) in [5.41, 5.74) is 1.89. The number of hydrogen-bond donors (Lipinski definition) is 1. The van der Waals surface area contributed by atoms with Crippen molar-refractivity contribution in [1.29, 1.82) is 0 Å². The Balaban J connectivity index is 2.22. The third-order valence-corrected chi connectivity index (χ3v) is 2.77. The first-order valence-corrected chi connectivity index (χ1v) is 5.45. The molecule has 2 rings (SSSR count). The van der Waals surface area contributed by atoms with Gasteiger partial charge in [-0.1, -0.05) is 29.8 Å². The van der Waals surface area contributed by atoms with Crippen LogP contribution in [0.25, 0.3) is 0 Å². The summed E-state index contributed by atoms with van der Waals surface area (Å²) in [6, 6.07) is 7.52. The van der Waals surface area contributed by atoms with Gasteiger partial charge in [-0.3, -0.25) is 10.1 Å². The molecule has 17 heavy (non-hydrogen) atoms. The Morgan fingerprint density at radius 3 is 2.94 bits per heavy atom. The molecular weight excluding hydrogens is 226 g/mol. The number of carbonyl (C=O) groups excluding carboxylic acids is 1. The minimum absolute atomic E-state index is 0.116. The standard InChI is InChI=1S/C12H14F2N2O/c1-8-3-2-4-9(5-8)12-15-6-11(17)16(12)7-10(13)14/h2-5,10,12,15H,6-7H2,1H3. The van der Waals surface area contributed by atoms with Crippen LogP contribution in [0.4, 0.5) is 8.78 Å². The molecule has 1 aromatic carbocycles. The average Bonchev–Trinajstić information content (AvgIpc) is 2.60. The molecule has 1 N–H and O–H groups in total. The van der Waals surface area contributed by atoms with Gasteiger partial charge in [-0.2, -0.15) is 0 Å². The van der Waals surface area contributed by atoms with Gasteiger partial charge in [0.1, 0.15) is 6.17 Å². The molecule has 92 valence electrons. The average molecular weight is 240 g/mol. The van der Waals surface area contributed by atoms with Crippen molar-refractivity contribution < 1.29 is 13.6 Å². The maximum atomic E-state index is 12.4. The Labute approximate surface area is 98.4 Å². The molecular formula is C12H14F2N2O. The fraction of sp³-hybridized carbons (Fsp3) is 0.417. The van der Waals surface area contributed by atoms with Crippen molar-refractivity contribution in [3.8, 4) is 0 Å². The molecule has 1 aliphatic heterocycles. The lowest BCUT2D eigenvalue weighted by molar-refractivity contribution is -0.130. The van der Waals surface area contributed by atoms with Crippen molar-refractivity contribution in [3.63, 3.8) is 0 Å². The molecule has 1 saturated heterocycles. The summed E-state index contributed by atoms with van der Waals surface area (Å²) in [7, 11) is 0. The molecule has 0 radical (unpaired) electrons. The molecule has 0 aromatic heterocycles. The van der Waals surface area contributed by atoms with E-state index >= 15 is 0 Å². The van der Waals surface area contributed by atoms with Crippen molar-refractivity contribution in [2.24, 2.45) is 0 Å². The quantitative estimate of drug-likeness (QED) is 0.872. The molecule has 1 aromatic rings. The first-order chi connectivity index (χ1) is 8.08. The zero-order valence-electron chi connectivity index (χ0n) is 9.49. The van der Waals surface area contributed by atoms with E-state index in [1.54, 1.807) is 0 Å². The van der Waals surface area contributed by atoms with Crippen LogP contribution >= 0.6 is 0 Å². The van der Waals surface area contributed by atoms with Crippen LogP contribution in [0, 0.1) is 6.92 Å². The second kappa shape index (κ2) is 4.79. The van der Waals surface area contributed by atoms with Gasteiger partial charge in [0.05, 0.1) is 13.1 Å². The number of benzene rings is 1. The van der Waals surface area contributed by atoms with Crippen LogP contribution < -0.4 is 5.32 Å². The second-order valence-corrected chi connectivity index (χ2v) is 4.13. The fourth-order valence-corrected chi connectivity index (χ4v) is 2.03. The monoisotopic (exact) mass is 240 g/mol. The summed E-state index contributed by atoms with van der Waals surface area (Å²) in [5.74, 6) is -0.281. The minimum Gasteiger partial charge on any atom is -0.316 e. The van der Waals surface area contributed by atoms with Crippen molar-refractivity contribution in [2.75, 3.05) is 13.1 Å². The number of halogens is 2. The fourth-order valence-electron chi connectivity index (χ4n) is 2.03. The number of rotatable bonds is 3. The third-order valence-electron chi connectivity index (χ3n) is 2.77. The smallest absolute Gasteiger partial charge is 0.255 e. The van der Waals surface area contributed by atoms with Crippen molar-refractivity contribution >= 4 is 5.91 Å². The largest absolute Gasteiger partial charge is 0.316 e. The summed E-state index contributed by atoms with van der Waals surface area (Å²) in [4.78, 5) is 12.7. The van der Waals surface area contributed by atoms with Crippen LogP contribution in [-0.4, -0.2) is 30.3 Å². The number of amides is 1. The number of nitrogens with one attached hydrogen (secondary N) is 1. The lowest BCUT2D eigenvalue weighted by Crippen LogP contribution is -2.34. The van der Waals surface area contributed by atoms with E-state index in [9.17, 15) is 13.6 Å². The molecule has 0 saturated carbocycles. The summed E-state index contributed by atoms with van der Waals surface area (Å²) in [5, 5.41) is 2.95. The van der Waals surface area contributed by atoms with E-state index in [4.69, 9.17) is 0 Å². The number of carbonyl (C=O) groups is 1. The topological polar surface area (TPSA) is 32.3 Å². The molecule has 1 heterocycles. The van der Waals surface area contributed by atoms with Crippen LogP contribution in [0.1, 0.15) is 17.3 Å². The van der Waals surface area contributed by atoms with Crippen LogP contribution in [0.15, 0.2) is 24.3 Å². The van der Waals surface area contributed by atoms with Gasteiger partial charge in [0, 0.05) is 0 Å². The molecule has 5 heteroatoms. The highest BCUT2D eigenvalue weighted by molar-refractivity contribution is 5.81. The van der Waals surface area contributed by atoms with Gasteiger partial charge in [-0.15, -0.1) is 0 Å². The Morgan fingerprint density at radius 1 is 1.53 bits per heavy atom. The summed E-state index contributed by atoms with van der Waals surface area (Å²) >= 11 is 0. The van der Waals surface area contributed by atoms with E-state index in [1.165, 1.54) is 4.90 Å². The van der Waals surface area contributed by atoms with Crippen molar-refractivity contribution in [3.05, 3.63) is 35.4 Å². The number of nitrogens with zero attached hydrogens (tertiary/aromatic N) is 1. The van der Waals surface area contributed by atoms with E-state index in [-0.39, 0.29) is 12.5 Å².